The van der Waals surface area contributed by atoms with Crippen molar-refractivity contribution in [3.8, 4) is 0 Å². The number of halogens is 1. The van der Waals surface area contributed by atoms with Gasteiger partial charge in [0.05, 0.1) is 24.2 Å². The van der Waals surface area contributed by atoms with Gasteiger partial charge in [0.25, 0.3) is 0 Å². The van der Waals surface area contributed by atoms with Crippen molar-refractivity contribution in [2.24, 2.45) is 0 Å². The van der Waals surface area contributed by atoms with Crippen molar-refractivity contribution >= 4 is 11.0 Å². The number of hydrogen-bond acceptors (Lipinski definition) is 3. The zero-order valence-corrected chi connectivity index (χ0v) is 12.1. The van der Waals surface area contributed by atoms with Gasteiger partial charge >= 0.3 is 0 Å². The van der Waals surface area contributed by atoms with Gasteiger partial charge in [-0.3, -0.25) is 4.90 Å². The van der Waals surface area contributed by atoms with Crippen LogP contribution in [0.1, 0.15) is 26.1 Å². The fourth-order valence-electron chi connectivity index (χ4n) is 2.55. The summed E-state index contributed by atoms with van der Waals surface area (Å²) in [5, 5.41) is 9.13. The summed E-state index contributed by atoms with van der Waals surface area (Å²) >= 11 is 0. The average molecular weight is 279 g/mol. The molecule has 0 aliphatic heterocycles. The highest BCUT2D eigenvalue weighted by atomic mass is 19.1. The number of aliphatic hydroxyl groups is 1. The maximum atomic E-state index is 13.3. The molecule has 1 aromatic carbocycles. The van der Waals surface area contributed by atoms with Crippen LogP contribution < -0.4 is 0 Å². The molecule has 0 radical (unpaired) electrons. The van der Waals surface area contributed by atoms with E-state index in [4.69, 9.17) is 5.11 Å². The Bertz CT molecular complexity index is 561. The molecule has 1 heterocycles. The highest BCUT2D eigenvalue weighted by Gasteiger charge is 2.13. The highest BCUT2D eigenvalue weighted by molar-refractivity contribution is 5.76. The topological polar surface area (TPSA) is 41.3 Å². The molecule has 0 saturated heterocycles. The zero-order chi connectivity index (χ0) is 14.5. The predicted molar refractivity (Wildman–Crippen MR) is 78.0 cm³/mol. The molecular formula is C15H22FN3O. The van der Waals surface area contributed by atoms with E-state index >= 15 is 0 Å². The second kappa shape index (κ2) is 6.81. The van der Waals surface area contributed by atoms with Crippen LogP contribution in [0.3, 0.4) is 0 Å². The molecule has 1 aromatic heterocycles. The normalized spacial score (nSPS) is 11.7. The summed E-state index contributed by atoms with van der Waals surface area (Å²) < 4.78 is 15.4. The first-order chi connectivity index (χ1) is 9.69. The molecular weight excluding hydrogens is 257 g/mol. The standard InChI is InChI=1S/C15H22FN3O/c1-3-7-18(8-9-20)11-15-17-13-10-12(16)5-6-14(13)19(15)4-2/h5-6,10,20H,3-4,7-9,11H2,1-2H3. The van der Waals surface area contributed by atoms with Crippen LogP contribution in [0.2, 0.25) is 0 Å². The summed E-state index contributed by atoms with van der Waals surface area (Å²) in [6.45, 7) is 7.35. The minimum Gasteiger partial charge on any atom is -0.395 e. The van der Waals surface area contributed by atoms with Gasteiger partial charge in [-0.25, -0.2) is 9.37 Å². The number of aliphatic hydroxyl groups excluding tert-OH is 1. The molecule has 20 heavy (non-hydrogen) atoms. The molecule has 0 unspecified atom stereocenters. The van der Waals surface area contributed by atoms with Crippen molar-refractivity contribution in [2.45, 2.75) is 33.4 Å². The van der Waals surface area contributed by atoms with Crippen molar-refractivity contribution in [3.63, 3.8) is 0 Å². The smallest absolute Gasteiger partial charge is 0.125 e. The summed E-state index contributed by atoms with van der Waals surface area (Å²) in [5.41, 5.74) is 1.66. The monoisotopic (exact) mass is 279 g/mol. The first-order valence-corrected chi connectivity index (χ1v) is 7.17. The second-order valence-corrected chi connectivity index (χ2v) is 4.91. The average Bonchev–Trinajstić information content (AvgIpc) is 2.75. The van der Waals surface area contributed by atoms with Gasteiger partial charge in [0.1, 0.15) is 11.6 Å². The summed E-state index contributed by atoms with van der Waals surface area (Å²) in [5.74, 6) is 0.667. The summed E-state index contributed by atoms with van der Waals surface area (Å²) in [6.07, 6.45) is 1.03. The number of fused-ring (bicyclic) bond motifs is 1. The third-order valence-electron chi connectivity index (χ3n) is 3.43. The molecule has 0 spiro atoms. The van der Waals surface area contributed by atoms with Crippen LogP contribution in [0.25, 0.3) is 11.0 Å². The predicted octanol–water partition coefficient (Wildman–Crippen LogP) is 2.40. The molecule has 110 valence electrons. The molecule has 0 aliphatic rings. The minimum absolute atomic E-state index is 0.140. The van der Waals surface area contributed by atoms with E-state index in [1.807, 2.05) is 0 Å². The van der Waals surface area contributed by atoms with E-state index in [-0.39, 0.29) is 12.4 Å². The van der Waals surface area contributed by atoms with Crippen LogP contribution in [0.4, 0.5) is 4.39 Å². The van der Waals surface area contributed by atoms with E-state index in [9.17, 15) is 4.39 Å². The van der Waals surface area contributed by atoms with Crippen LogP contribution in [-0.2, 0) is 13.1 Å². The van der Waals surface area contributed by atoms with Crippen molar-refractivity contribution in [1.29, 1.82) is 0 Å². The summed E-state index contributed by atoms with van der Waals surface area (Å²) in [7, 11) is 0. The van der Waals surface area contributed by atoms with E-state index in [0.717, 1.165) is 30.9 Å². The largest absolute Gasteiger partial charge is 0.395 e. The Balaban J connectivity index is 2.32. The molecule has 1 N–H and O–H groups in total. The van der Waals surface area contributed by atoms with Gasteiger partial charge in [-0.2, -0.15) is 0 Å². The van der Waals surface area contributed by atoms with Gasteiger partial charge in [0.15, 0.2) is 0 Å². The fraction of sp³-hybridized carbons (Fsp3) is 0.533. The lowest BCUT2D eigenvalue weighted by Crippen LogP contribution is -2.28. The van der Waals surface area contributed by atoms with Gasteiger partial charge in [0, 0.05) is 19.2 Å². The Kier molecular flexibility index (Phi) is 5.09. The number of nitrogens with zero attached hydrogens (tertiary/aromatic N) is 3. The lowest BCUT2D eigenvalue weighted by Gasteiger charge is -2.20. The van der Waals surface area contributed by atoms with Crippen LogP contribution >= 0.6 is 0 Å². The third-order valence-corrected chi connectivity index (χ3v) is 3.43. The van der Waals surface area contributed by atoms with Crippen LogP contribution in [-0.4, -0.2) is 39.3 Å². The summed E-state index contributed by atoms with van der Waals surface area (Å²) in [4.78, 5) is 6.72. The number of benzene rings is 1. The van der Waals surface area contributed by atoms with Crippen LogP contribution in [0.15, 0.2) is 18.2 Å². The van der Waals surface area contributed by atoms with E-state index < -0.39 is 0 Å². The van der Waals surface area contributed by atoms with Gasteiger partial charge < -0.3 is 9.67 Å². The number of aromatic nitrogens is 2. The van der Waals surface area contributed by atoms with Crippen LogP contribution in [0.5, 0.6) is 0 Å². The summed E-state index contributed by atoms with van der Waals surface area (Å²) in [6, 6.07) is 4.72. The fourth-order valence-corrected chi connectivity index (χ4v) is 2.55. The first-order valence-electron chi connectivity index (χ1n) is 7.17. The van der Waals surface area contributed by atoms with Gasteiger partial charge in [-0.05, 0) is 32.0 Å². The van der Waals surface area contributed by atoms with Crippen molar-refractivity contribution in [2.75, 3.05) is 19.7 Å². The van der Waals surface area contributed by atoms with E-state index in [1.54, 1.807) is 6.07 Å². The second-order valence-electron chi connectivity index (χ2n) is 4.91. The molecule has 0 amide bonds. The highest BCUT2D eigenvalue weighted by Crippen LogP contribution is 2.18. The Labute approximate surface area is 118 Å². The molecule has 5 heteroatoms. The lowest BCUT2D eigenvalue weighted by atomic mass is 10.3. The molecule has 2 rings (SSSR count). The SMILES string of the molecule is CCCN(CCO)Cc1nc2cc(F)ccc2n1CC. The molecule has 4 nitrogen and oxygen atoms in total. The van der Waals surface area contributed by atoms with Crippen molar-refractivity contribution in [3.05, 3.63) is 29.8 Å². The van der Waals surface area contributed by atoms with Crippen molar-refractivity contribution in [1.82, 2.24) is 14.5 Å². The molecule has 2 aromatic rings. The van der Waals surface area contributed by atoms with E-state index in [0.29, 0.717) is 18.6 Å². The van der Waals surface area contributed by atoms with E-state index in [2.05, 4.69) is 28.3 Å². The van der Waals surface area contributed by atoms with Crippen LogP contribution in [0, 0.1) is 5.82 Å². The molecule has 0 bridgehead atoms. The maximum absolute atomic E-state index is 13.3. The first kappa shape index (κ1) is 14.9. The Hall–Kier alpha value is -1.46. The number of hydrogen-bond donors (Lipinski definition) is 1. The third kappa shape index (κ3) is 3.16. The van der Waals surface area contributed by atoms with Gasteiger partial charge in [0.2, 0.25) is 0 Å². The Morgan fingerprint density at radius 1 is 1.30 bits per heavy atom. The van der Waals surface area contributed by atoms with Gasteiger partial charge in [-0.15, -0.1) is 0 Å². The molecule has 0 fully saturated rings. The van der Waals surface area contributed by atoms with E-state index in [1.165, 1.54) is 12.1 Å². The number of aryl methyl sites for hydroxylation is 1. The number of imidazole rings is 1. The quantitative estimate of drug-likeness (QED) is 0.846. The Morgan fingerprint density at radius 3 is 2.75 bits per heavy atom. The minimum atomic E-state index is -0.259. The maximum Gasteiger partial charge on any atom is 0.125 e. The van der Waals surface area contributed by atoms with Crippen molar-refractivity contribution < 1.29 is 9.50 Å². The number of rotatable bonds is 7. The molecule has 0 aliphatic carbocycles. The lowest BCUT2D eigenvalue weighted by molar-refractivity contribution is 0.186. The Morgan fingerprint density at radius 2 is 2.10 bits per heavy atom. The van der Waals surface area contributed by atoms with Gasteiger partial charge in [-0.1, -0.05) is 6.92 Å². The zero-order valence-electron chi connectivity index (χ0n) is 12.1. The molecule has 0 atom stereocenters. The molecule has 0 saturated carbocycles.